The maximum absolute atomic E-state index is 5.43. The van der Waals surface area contributed by atoms with Crippen molar-refractivity contribution in [3.05, 3.63) is 60.3 Å². The van der Waals surface area contributed by atoms with Gasteiger partial charge < -0.3 is 14.5 Å². The molecule has 0 saturated heterocycles. The second kappa shape index (κ2) is 7.23. The number of aromatic nitrogens is 5. The van der Waals surface area contributed by atoms with Crippen molar-refractivity contribution in [1.82, 2.24) is 24.7 Å². The number of anilines is 3. The lowest BCUT2D eigenvalue weighted by atomic mass is 10.0. The Morgan fingerprint density at radius 3 is 2.90 bits per heavy atom. The van der Waals surface area contributed by atoms with E-state index >= 15 is 0 Å². The first kappa shape index (κ1) is 18.1. The third-order valence-corrected chi connectivity index (χ3v) is 6.18. The van der Waals surface area contributed by atoms with Crippen LogP contribution in [0, 0.1) is 0 Å². The Bertz CT molecular complexity index is 1270. The van der Waals surface area contributed by atoms with Crippen LogP contribution < -0.4 is 14.5 Å². The highest BCUT2D eigenvalue weighted by Gasteiger charge is 2.24. The molecule has 31 heavy (non-hydrogen) atoms. The third kappa shape index (κ3) is 3.06. The summed E-state index contributed by atoms with van der Waals surface area (Å²) in [5, 5.41) is 5.45. The number of fused-ring (bicyclic) bond motifs is 3. The number of nitrogens with zero attached hydrogens (tertiary/aromatic N) is 7. The Kier molecular flexibility index (Phi) is 4.22. The van der Waals surface area contributed by atoms with E-state index in [-0.39, 0.29) is 0 Å². The van der Waals surface area contributed by atoms with Gasteiger partial charge in [-0.1, -0.05) is 0 Å². The lowest BCUT2D eigenvalue weighted by Gasteiger charge is -2.33. The van der Waals surface area contributed by atoms with E-state index < -0.39 is 0 Å². The van der Waals surface area contributed by atoms with Gasteiger partial charge >= 0.3 is 0 Å². The van der Waals surface area contributed by atoms with Crippen molar-refractivity contribution in [3.63, 3.8) is 0 Å². The Labute approximate surface area is 180 Å². The molecule has 0 radical (unpaired) electrons. The van der Waals surface area contributed by atoms with E-state index in [0.717, 1.165) is 73.0 Å². The third-order valence-electron chi connectivity index (χ3n) is 6.18. The van der Waals surface area contributed by atoms with Crippen LogP contribution in [-0.4, -0.2) is 44.9 Å². The number of hydrogen-bond donors (Lipinski definition) is 0. The Hall–Kier alpha value is -3.68. The number of ether oxygens (including phenoxy) is 1. The zero-order chi connectivity index (χ0) is 20.8. The number of rotatable bonds is 3. The minimum Gasteiger partial charge on any atom is -0.497 e. The highest BCUT2D eigenvalue weighted by Crippen LogP contribution is 2.33. The highest BCUT2D eigenvalue weighted by molar-refractivity contribution is 5.90. The fraction of sp³-hybridized carbons (Fsp3) is 0.304. The van der Waals surface area contributed by atoms with Gasteiger partial charge in [0, 0.05) is 49.7 Å². The zero-order valence-corrected chi connectivity index (χ0v) is 17.4. The molecule has 156 valence electrons. The van der Waals surface area contributed by atoms with Gasteiger partial charge in [-0.25, -0.2) is 14.6 Å². The molecule has 8 heteroatoms. The molecular weight excluding hydrogens is 390 g/mol. The molecule has 1 aromatic carbocycles. The first-order valence-electron chi connectivity index (χ1n) is 10.6. The first-order valence-corrected chi connectivity index (χ1v) is 10.6. The summed E-state index contributed by atoms with van der Waals surface area (Å²) < 4.78 is 7.49. The number of aryl methyl sites for hydroxylation is 1. The number of benzene rings is 1. The molecular formula is C23H23N7O. The summed E-state index contributed by atoms with van der Waals surface area (Å²) in [4.78, 5) is 18.5. The molecule has 0 atom stereocenters. The van der Waals surface area contributed by atoms with E-state index in [1.807, 2.05) is 30.6 Å². The van der Waals surface area contributed by atoms with Crippen molar-refractivity contribution in [2.45, 2.75) is 25.9 Å². The summed E-state index contributed by atoms with van der Waals surface area (Å²) in [7, 11) is 1.68. The van der Waals surface area contributed by atoms with Crippen LogP contribution in [0.15, 0.2) is 49.1 Å². The van der Waals surface area contributed by atoms with Gasteiger partial charge in [-0.15, -0.1) is 0 Å². The molecule has 0 unspecified atom stereocenters. The lowest BCUT2D eigenvalue weighted by molar-refractivity contribution is 0.415. The Morgan fingerprint density at radius 1 is 1.00 bits per heavy atom. The molecule has 2 aliphatic heterocycles. The van der Waals surface area contributed by atoms with Crippen LogP contribution in [-0.2, 0) is 19.5 Å². The summed E-state index contributed by atoms with van der Waals surface area (Å²) in [5.74, 6) is 2.89. The molecule has 3 aromatic heterocycles. The number of pyridine rings is 1. The molecule has 0 saturated carbocycles. The normalized spacial score (nSPS) is 15.6. The molecule has 0 spiro atoms. The van der Waals surface area contributed by atoms with Gasteiger partial charge in [-0.05, 0) is 36.2 Å². The van der Waals surface area contributed by atoms with E-state index in [1.54, 1.807) is 13.4 Å². The van der Waals surface area contributed by atoms with Crippen molar-refractivity contribution in [2.75, 3.05) is 30.0 Å². The van der Waals surface area contributed by atoms with Crippen LogP contribution >= 0.6 is 0 Å². The molecule has 5 heterocycles. The van der Waals surface area contributed by atoms with Gasteiger partial charge in [0.1, 0.15) is 23.7 Å². The van der Waals surface area contributed by atoms with E-state index in [1.165, 1.54) is 11.3 Å². The molecule has 0 aliphatic carbocycles. The first-order chi connectivity index (χ1) is 15.3. The SMILES string of the molecule is COc1ccc2ncnc(N3CCc4ncc(N5CCCn6nccc65)cc4C3)c2c1. The molecule has 8 nitrogen and oxygen atoms in total. The van der Waals surface area contributed by atoms with Gasteiger partial charge in [-0.2, -0.15) is 5.10 Å². The van der Waals surface area contributed by atoms with Crippen molar-refractivity contribution in [2.24, 2.45) is 0 Å². The molecule has 0 fully saturated rings. The van der Waals surface area contributed by atoms with Crippen molar-refractivity contribution < 1.29 is 4.74 Å². The van der Waals surface area contributed by atoms with Gasteiger partial charge in [0.15, 0.2) is 0 Å². The van der Waals surface area contributed by atoms with Gasteiger partial charge in [0.2, 0.25) is 0 Å². The monoisotopic (exact) mass is 413 g/mol. The predicted molar refractivity (Wildman–Crippen MR) is 119 cm³/mol. The maximum atomic E-state index is 5.43. The summed E-state index contributed by atoms with van der Waals surface area (Å²) >= 11 is 0. The minimum absolute atomic E-state index is 0.770. The van der Waals surface area contributed by atoms with E-state index in [4.69, 9.17) is 9.72 Å². The molecule has 4 aromatic rings. The second-order valence-corrected chi connectivity index (χ2v) is 7.97. The van der Waals surface area contributed by atoms with Crippen LogP contribution in [0.25, 0.3) is 10.9 Å². The molecule has 0 bridgehead atoms. The van der Waals surface area contributed by atoms with Gasteiger partial charge in [0.05, 0.1) is 30.7 Å². The minimum atomic E-state index is 0.770. The van der Waals surface area contributed by atoms with Crippen molar-refractivity contribution >= 4 is 28.2 Å². The molecule has 2 aliphatic rings. The quantitative estimate of drug-likeness (QED) is 0.510. The summed E-state index contributed by atoms with van der Waals surface area (Å²) in [6, 6.07) is 10.3. The maximum Gasteiger partial charge on any atom is 0.140 e. The zero-order valence-electron chi connectivity index (χ0n) is 17.4. The fourth-order valence-corrected chi connectivity index (χ4v) is 4.62. The average molecular weight is 413 g/mol. The largest absolute Gasteiger partial charge is 0.497 e. The highest BCUT2D eigenvalue weighted by atomic mass is 16.5. The number of hydrogen-bond acceptors (Lipinski definition) is 7. The fourth-order valence-electron chi connectivity index (χ4n) is 4.62. The Balaban J connectivity index is 1.35. The van der Waals surface area contributed by atoms with Gasteiger partial charge in [0.25, 0.3) is 0 Å². The van der Waals surface area contributed by atoms with Crippen LogP contribution in [0.3, 0.4) is 0 Å². The Morgan fingerprint density at radius 2 is 1.97 bits per heavy atom. The van der Waals surface area contributed by atoms with Crippen LogP contribution in [0.2, 0.25) is 0 Å². The van der Waals surface area contributed by atoms with E-state index in [0.29, 0.717) is 0 Å². The topological polar surface area (TPSA) is 72.2 Å². The average Bonchev–Trinajstić information content (AvgIpc) is 3.32. The van der Waals surface area contributed by atoms with Crippen LogP contribution in [0.1, 0.15) is 17.7 Å². The second-order valence-electron chi connectivity index (χ2n) is 7.97. The lowest BCUT2D eigenvalue weighted by Crippen LogP contribution is -2.33. The molecule has 6 rings (SSSR count). The molecule has 0 N–H and O–H groups in total. The summed E-state index contributed by atoms with van der Waals surface area (Å²) in [5.41, 5.74) is 4.46. The summed E-state index contributed by atoms with van der Waals surface area (Å²) in [6.45, 7) is 3.59. The number of methoxy groups -OCH3 is 1. The predicted octanol–water partition coefficient (Wildman–Crippen LogP) is 3.33. The van der Waals surface area contributed by atoms with E-state index in [9.17, 15) is 0 Å². The van der Waals surface area contributed by atoms with Crippen LogP contribution in [0.4, 0.5) is 17.3 Å². The summed E-state index contributed by atoms with van der Waals surface area (Å²) in [6.07, 6.45) is 7.48. The smallest absolute Gasteiger partial charge is 0.140 e. The molecule has 0 amide bonds. The van der Waals surface area contributed by atoms with E-state index in [2.05, 4.69) is 41.7 Å². The van der Waals surface area contributed by atoms with Crippen molar-refractivity contribution in [1.29, 1.82) is 0 Å². The van der Waals surface area contributed by atoms with Crippen LogP contribution in [0.5, 0.6) is 5.75 Å². The van der Waals surface area contributed by atoms with Crippen molar-refractivity contribution in [3.8, 4) is 5.75 Å². The van der Waals surface area contributed by atoms with Gasteiger partial charge in [-0.3, -0.25) is 4.98 Å². The standard InChI is InChI=1S/C23H23N7O/c1-31-18-3-4-21-19(12-18)23(26-15-25-21)28-10-6-20-16(14-28)11-17(13-24-20)29-8-2-9-30-22(29)5-7-27-30/h3-5,7,11-13,15H,2,6,8-10,14H2,1H3.